The Morgan fingerprint density at radius 2 is 2.22 bits per heavy atom. The monoisotopic (exact) mass is 364 g/mol. The lowest BCUT2D eigenvalue weighted by Crippen LogP contribution is -2.22. The van der Waals surface area contributed by atoms with Gasteiger partial charge in [-0.25, -0.2) is 14.6 Å². The van der Waals surface area contributed by atoms with Crippen molar-refractivity contribution in [3.05, 3.63) is 47.3 Å². The summed E-state index contributed by atoms with van der Waals surface area (Å²) in [5.74, 6) is 0.658. The normalized spacial score (nSPS) is 15.1. The molecular formula is C20H24N6O. The van der Waals surface area contributed by atoms with Crippen molar-refractivity contribution in [3.8, 4) is 0 Å². The van der Waals surface area contributed by atoms with Gasteiger partial charge in [0.05, 0.1) is 17.8 Å². The van der Waals surface area contributed by atoms with Gasteiger partial charge in [-0.15, -0.1) is 5.10 Å². The van der Waals surface area contributed by atoms with Crippen LogP contribution in [0.4, 0.5) is 5.95 Å². The minimum Gasteiger partial charge on any atom is -0.383 e. The number of aryl methyl sites for hydroxylation is 2. The van der Waals surface area contributed by atoms with E-state index in [1.807, 2.05) is 19.3 Å². The zero-order valence-corrected chi connectivity index (χ0v) is 15.9. The lowest BCUT2D eigenvalue weighted by atomic mass is 9.97. The van der Waals surface area contributed by atoms with Crippen LogP contribution in [0.2, 0.25) is 0 Å². The molecule has 0 unspecified atom stereocenters. The van der Waals surface area contributed by atoms with Crippen molar-refractivity contribution >= 4 is 22.6 Å². The number of hydrogen-bond acceptors (Lipinski definition) is 6. The standard InChI is InChI=1S/C20H24N6O/c1-13(12-27-3)22-20-21-11-16-15(6-4-5-7-17(16)23-20)14-8-9-18-19(10-14)26(2)25-24-18/h6,8-11,13H,4-5,7,12H2,1-3H3,(H,21,22,23)/t13-/m0/s1. The van der Waals surface area contributed by atoms with E-state index < -0.39 is 0 Å². The Hall–Kier alpha value is -2.80. The van der Waals surface area contributed by atoms with E-state index in [-0.39, 0.29) is 6.04 Å². The van der Waals surface area contributed by atoms with Gasteiger partial charge >= 0.3 is 0 Å². The Bertz CT molecular complexity index is 993. The maximum Gasteiger partial charge on any atom is 0.223 e. The van der Waals surface area contributed by atoms with Crippen molar-refractivity contribution in [1.82, 2.24) is 25.0 Å². The van der Waals surface area contributed by atoms with Crippen LogP contribution in [0.3, 0.4) is 0 Å². The molecule has 1 aliphatic rings. The fourth-order valence-electron chi connectivity index (χ4n) is 3.51. The Kier molecular flexibility index (Phi) is 4.85. The van der Waals surface area contributed by atoms with Gasteiger partial charge in [0.25, 0.3) is 0 Å². The number of ether oxygens (including phenoxy) is 1. The van der Waals surface area contributed by atoms with Crippen molar-refractivity contribution < 1.29 is 4.74 Å². The number of anilines is 1. The van der Waals surface area contributed by atoms with Gasteiger partial charge < -0.3 is 10.1 Å². The molecule has 0 spiro atoms. The fourth-order valence-corrected chi connectivity index (χ4v) is 3.51. The number of allylic oxidation sites excluding steroid dienone is 1. The lowest BCUT2D eigenvalue weighted by molar-refractivity contribution is 0.190. The van der Waals surface area contributed by atoms with Crippen LogP contribution < -0.4 is 5.32 Å². The van der Waals surface area contributed by atoms with Gasteiger partial charge in [0.1, 0.15) is 5.52 Å². The van der Waals surface area contributed by atoms with E-state index in [1.165, 1.54) is 5.57 Å². The van der Waals surface area contributed by atoms with Crippen LogP contribution >= 0.6 is 0 Å². The molecule has 4 rings (SSSR count). The van der Waals surface area contributed by atoms with Crippen LogP contribution in [-0.4, -0.2) is 44.7 Å². The highest BCUT2D eigenvalue weighted by atomic mass is 16.5. The highest BCUT2D eigenvalue weighted by Crippen LogP contribution is 2.31. The largest absolute Gasteiger partial charge is 0.383 e. The molecule has 2 heterocycles. The van der Waals surface area contributed by atoms with E-state index in [1.54, 1.807) is 11.8 Å². The van der Waals surface area contributed by atoms with E-state index in [9.17, 15) is 0 Å². The third-order valence-corrected chi connectivity index (χ3v) is 4.84. The van der Waals surface area contributed by atoms with E-state index in [2.05, 4.69) is 45.7 Å². The predicted octanol–water partition coefficient (Wildman–Crippen LogP) is 2.97. The van der Waals surface area contributed by atoms with Crippen molar-refractivity contribution in [3.63, 3.8) is 0 Å². The van der Waals surface area contributed by atoms with Gasteiger partial charge in [0.2, 0.25) is 5.95 Å². The molecule has 140 valence electrons. The first-order valence-corrected chi connectivity index (χ1v) is 9.27. The first-order chi connectivity index (χ1) is 13.2. The Balaban J connectivity index is 1.70. The van der Waals surface area contributed by atoms with E-state index in [0.717, 1.165) is 47.1 Å². The summed E-state index contributed by atoms with van der Waals surface area (Å²) in [4.78, 5) is 9.35. The molecule has 0 saturated carbocycles. The zero-order valence-electron chi connectivity index (χ0n) is 15.9. The van der Waals surface area contributed by atoms with Crippen LogP contribution in [0.15, 0.2) is 30.5 Å². The third kappa shape index (κ3) is 3.55. The second-order valence-electron chi connectivity index (χ2n) is 6.98. The molecule has 0 fully saturated rings. The van der Waals surface area contributed by atoms with Crippen molar-refractivity contribution in [2.45, 2.75) is 32.2 Å². The molecule has 3 aromatic rings. The van der Waals surface area contributed by atoms with Gasteiger partial charge in [-0.05, 0) is 49.5 Å². The SMILES string of the molecule is COC[C@H](C)Nc1ncc2c(n1)CCCC=C2c1ccc2nnn(C)c2c1. The highest BCUT2D eigenvalue weighted by Gasteiger charge is 2.17. The van der Waals surface area contributed by atoms with Gasteiger partial charge in [0, 0.05) is 32.0 Å². The smallest absolute Gasteiger partial charge is 0.223 e. The van der Waals surface area contributed by atoms with Crippen LogP contribution in [0, 0.1) is 0 Å². The highest BCUT2D eigenvalue weighted by molar-refractivity contribution is 5.86. The predicted molar refractivity (Wildman–Crippen MR) is 106 cm³/mol. The molecule has 1 aromatic carbocycles. The second-order valence-corrected chi connectivity index (χ2v) is 6.98. The summed E-state index contributed by atoms with van der Waals surface area (Å²) in [7, 11) is 3.61. The summed E-state index contributed by atoms with van der Waals surface area (Å²) >= 11 is 0. The summed E-state index contributed by atoms with van der Waals surface area (Å²) in [5, 5.41) is 11.6. The number of fused-ring (bicyclic) bond motifs is 2. The Morgan fingerprint density at radius 1 is 1.33 bits per heavy atom. The summed E-state index contributed by atoms with van der Waals surface area (Å²) in [6.07, 6.45) is 7.28. The van der Waals surface area contributed by atoms with Crippen molar-refractivity contribution in [2.24, 2.45) is 7.05 Å². The molecule has 0 radical (unpaired) electrons. The maximum absolute atomic E-state index is 5.18. The topological polar surface area (TPSA) is 77.8 Å². The van der Waals surface area contributed by atoms with Gasteiger partial charge in [-0.2, -0.15) is 0 Å². The van der Waals surface area contributed by atoms with E-state index >= 15 is 0 Å². The first-order valence-electron chi connectivity index (χ1n) is 9.27. The van der Waals surface area contributed by atoms with Gasteiger partial charge in [-0.1, -0.05) is 17.4 Å². The molecule has 0 amide bonds. The maximum atomic E-state index is 5.18. The molecule has 0 saturated heterocycles. The number of nitrogens with one attached hydrogen (secondary N) is 1. The molecule has 27 heavy (non-hydrogen) atoms. The van der Waals surface area contributed by atoms with Crippen molar-refractivity contribution in [1.29, 1.82) is 0 Å². The fraction of sp³-hybridized carbons (Fsp3) is 0.400. The molecule has 7 nitrogen and oxygen atoms in total. The minimum absolute atomic E-state index is 0.161. The third-order valence-electron chi connectivity index (χ3n) is 4.84. The number of methoxy groups -OCH3 is 1. The number of hydrogen-bond donors (Lipinski definition) is 1. The molecule has 1 N–H and O–H groups in total. The second kappa shape index (κ2) is 7.44. The molecule has 0 aliphatic heterocycles. The van der Waals surface area contributed by atoms with Crippen LogP contribution in [-0.2, 0) is 18.2 Å². The summed E-state index contributed by atoms with van der Waals surface area (Å²) in [6.45, 7) is 2.67. The Labute approximate surface area is 158 Å². The van der Waals surface area contributed by atoms with Gasteiger partial charge in [0.15, 0.2) is 0 Å². The van der Waals surface area contributed by atoms with Crippen LogP contribution in [0.1, 0.15) is 36.6 Å². The quantitative estimate of drug-likeness (QED) is 0.750. The van der Waals surface area contributed by atoms with Crippen molar-refractivity contribution in [2.75, 3.05) is 19.0 Å². The number of nitrogens with zero attached hydrogens (tertiary/aromatic N) is 5. The van der Waals surface area contributed by atoms with Crippen LogP contribution in [0.5, 0.6) is 0 Å². The Morgan fingerprint density at radius 3 is 3.07 bits per heavy atom. The summed E-state index contributed by atoms with van der Waals surface area (Å²) in [5.41, 5.74) is 6.44. The summed E-state index contributed by atoms with van der Waals surface area (Å²) in [6, 6.07) is 6.42. The summed E-state index contributed by atoms with van der Waals surface area (Å²) < 4.78 is 6.99. The number of aromatic nitrogens is 5. The number of benzene rings is 1. The first kappa shape index (κ1) is 17.6. The van der Waals surface area contributed by atoms with E-state index in [4.69, 9.17) is 9.72 Å². The lowest BCUT2D eigenvalue weighted by Gasteiger charge is -2.15. The molecule has 0 bridgehead atoms. The average Bonchev–Trinajstić information content (AvgIpc) is 2.90. The molecule has 2 aromatic heterocycles. The van der Waals surface area contributed by atoms with Gasteiger partial charge in [-0.3, -0.25) is 0 Å². The number of rotatable bonds is 5. The molecule has 1 atom stereocenters. The molecule has 7 heteroatoms. The van der Waals surface area contributed by atoms with Crippen LogP contribution in [0.25, 0.3) is 16.6 Å². The average molecular weight is 364 g/mol. The molecule has 1 aliphatic carbocycles. The van der Waals surface area contributed by atoms with E-state index in [0.29, 0.717) is 12.6 Å². The zero-order chi connectivity index (χ0) is 18.8. The molecular weight excluding hydrogens is 340 g/mol. The minimum atomic E-state index is 0.161.